The van der Waals surface area contributed by atoms with Crippen LogP contribution in [0.1, 0.15) is 69.6 Å². The van der Waals surface area contributed by atoms with E-state index in [4.69, 9.17) is 23.2 Å². The maximum Gasteiger partial charge on any atom is 0.354 e. The minimum absolute atomic E-state index is 0.0124. The number of hydrogen-bond donors (Lipinski definition) is 3. The van der Waals surface area contributed by atoms with Crippen LogP contribution in [-0.4, -0.2) is 70.9 Å². The molecule has 0 radical (unpaired) electrons. The summed E-state index contributed by atoms with van der Waals surface area (Å²) in [5, 5.41) is 17.0. The SMILES string of the molecule is CS(=O)(=O)NC1CCCC[C@@H]1N1C(=O)c2ccccc2[C@@H](C(=O)NCCn2nccc2C(=O)O)[C@@H]1c1ccc(Cl)cc1Cl. The van der Waals surface area contributed by atoms with E-state index in [1.54, 1.807) is 47.4 Å². The average Bonchev–Trinajstić information content (AvgIpc) is 3.42. The molecule has 228 valence electrons. The summed E-state index contributed by atoms with van der Waals surface area (Å²) in [7, 11) is -3.60. The molecule has 2 heterocycles. The Hall–Kier alpha value is -3.45. The number of nitrogens with one attached hydrogen (secondary N) is 2. The van der Waals surface area contributed by atoms with Gasteiger partial charge in [0.25, 0.3) is 5.91 Å². The first-order chi connectivity index (χ1) is 20.5. The van der Waals surface area contributed by atoms with Crippen molar-refractivity contribution in [3.05, 3.63) is 87.2 Å². The first kappa shape index (κ1) is 31.0. The molecule has 1 aliphatic heterocycles. The molecular weight excluding hydrogens is 617 g/mol. The van der Waals surface area contributed by atoms with Crippen molar-refractivity contribution < 1.29 is 27.9 Å². The van der Waals surface area contributed by atoms with Gasteiger partial charge in [0.1, 0.15) is 5.69 Å². The number of carboxylic acid groups (broad SMARTS) is 1. The molecular formula is C29H31Cl2N5O6S. The molecule has 43 heavy (non-hydrogen) atoms. The summed E-state index contributed by atoms with van der Waals surface area (Å²) in [4.78, 5) is 41.6. The quantitative estimate of drug-likeness (QED) is 0.319. The molecule has 5 rings (SSSR count). The van der Waals surface area contributed by atoms with Gasteiger partial charge in [0, 0.05) is 40.4 Å². The Morgan fingerprint density at radius 1 is 1.07 bits per heavy atom. The van der Waals surface area contributed by atoms with E-state index in [9.17, 15) is 27.9 Å². The molecule has 4 atom stereocenters. The monoisotopic (exact) mass is 647 g/mol. The zero-order valence-electron chi connectivity index (χ0n) is 23.2. The lowest BCUT2D eigenvalue weighted by Gasteiger charge is -2.49. The van der Waals surface area contributed by atoms with Crippen LogP contribution in [-0.2, 0) is 21.4 Å². The second kappa shape index (κ2) is 12.7. The topological polar surface area (TPSA) is 151 Å². The lowest BCUT2D eigenvalue weighted by molar-refractivity contribution is -0.124. The maximum atomic E-state index is 14.3. The summed E-state index contributed by atoms with van der Waals surface area (Å²) >= 11 is 13.0. The van der Waals surface area contributed by atoms with Gasteiger partial charge < -0.3 is 15.3 Å². The molecule has 1 fully saturated rings. The third-order valence-electron chi connectivity index (χ3n) is 7.95. The Labute approximate surface area is 259 Å². The zero-order chi connectivity index (χ0) is 30.9. The van der Waals surface area contributed by atoms with E-state index in [0.29, 0.717) is 34.6 Å². The third kappa shape index (κ3) is 6.57. The van der Waals surface area contributed by atoms with Crippen molar-refractivity contribution in [2.45, 2.75) is 56.3 Å². The number of rotatable bonds is 9. The van der Waals surface area contributed by atoms with Crippen molar-refractivity contribution in [2.24, 2.45) is 0 Å². The van der Waals surface area contributed by atoms with Crippen molar-refractivity contribution in [3.63, 3.8) is 0 Å². The number of amides is 2. The van der Waals surface area contributed by atoms with Crippen LogP contribution in [0.15, 0.2) is 54.7 Å². The lowest BCUT2D eigenvalue weighted by atomic mass is 9.76. The highest BCUT2D eigenvalue weighted by Crippen LogP contribution is 2.47. The number of carboxylic acids is 1. The van der Waals surface area contributed by atoms with E-state index in [-0.39, 0.29) is 29.7 Å². The second-order valence-electron chi connectivity index (χ2n) is 10.8. The summed E-state index contributed by atoms with van der Waals surface area (Å²) in [5.74, 6) is -2.80. The van der Waals surface area contributed by atoms with Gasteiger partial charge in [-0.15, -0.1) is 0 Å². The van der Waals surface area contributed by atoms with E-state index >= 15 is 0 Å². The number of fused-ring (bicyclic) bond motifs is 1. The fourth-order valence-electron chi connectivity index (χ4n) is 6.22. The number of carbonyl (C=O) groups excluding carboxylic acids is 2. The molecule has 3 aromatic rings. The van der Waals surface area contributed by atoms with E-state index in [1.807, 2.05) is 0 Å². The predicted molar refractivity (Wildman–Crippen MR) is 161 cm³/mol. The Kier molecular flexibility index (Phi) is 9.12. The highest BCUT2D eigenvalue weighted by molar-refractivity contribution is 7.88. The largest absolute Gasteiger partial charge is 0.477 e. The number of halogens is 2. The molecule has 3 N–H and O–H groups in total. The molecule has 1 aliphatic carbocycles. The van der Waals surface area contributed by atoms with Crippen molar-refractivity contribution in [1.82, 2.24) is 24.7 Å². The molecule has 1 aromatic heterocycles. The smallest absolute Gasteiger partial charge is 0.354 e. The highest BCUT2D eigenvalue weighted by atomic mass is 35.5. The lowest BCUT2D eigenvalue weighted by Crippen LogP contribution is -2.59. The normalized spacial score (nSPS) is 22.2. The molecule has 0 spiro atoms. The fourth-order valence-corrected chi connectivity index (χ4v) is 7.56. The zero-order valence-corrected chi connectivity index (χ0v) is 25.6. The van der Waals surface area contributed by atoms with Gasteiger partial charge in [0.15, 0.2) is 0 Å². The van der Waals surface area contributed by atoms with Crippen LogP contribution < -0.4 is 10.0 Å². The predicted octanol–water partition coefficient (Wildman–Crippen LogP) is 3.85. The van der Waals surface area contributed by atoms with E-state index in [0.717, 1.165) is 19.1 Å². The molecule has 2 aromatic carbocycles. The summed E-state index contributed by atoms with van der Waals surface area (Å²) in [6.07, 6.45) is 5.06. The fraction of sp³-hybridized carbons (Fsp3) is 0.379. The Balaban J connectivity index is 1.58. The first-order valence-electron chi connectivity index (χ1n) is 13.8. The first-order valence-corrected chi connectivity index (χ1v) is 16.5. The Bertz CT molecular complexity index is 1660. The van der Waals surface area contributed by atoms with Crippen molar-refractivity contribution in [2.75, 3.05) is 12.8 Å². The second-order valence-corrected chi connectivity index (χ2v) is 13.4. The third-order valence-corrected chi connectivity index (χ3v) is 9.24. The molecule has 2 aliphatic rings. The number of nitrogens with zero attached hydrogens (tertiary/aromatic N) is 3. The van der Waals surface area contributed by atoms with Crippen LogP contribution in [0.4, 0.5) is 0 Å². The molecule has 11 nitrogen and oxygen atoms in total. The number of benzene rings is 2. The number of carbonyl (C=O) groups is 3. The Morgan fingerprint density at radius 2 is 1.81 bits per heavy atom. The minimum atomic E-state index is -3.60. The molecule has 1 saturated carbocycles. The average molecular weight is 649 g/mol. The highest BCUT2D eigenvalue weighted by Gasteiger charge is 2.49. The molecule has 0 saturated heterocycles. The van der Waals surface area contributed by atoms with E-state index in [2.05, 4.69) is 15.1 Å². The minimum Gasteiger partial charge on any atom is -0.477 e. The van der Waals surface area contributed by atoms with Crippen LogP contribution in [0.5, 0.6) is 0 Å². The standard InChI is InChI=1S/C29H31Cl2N5O6S/c1-43(41,42)34-22-8-4-5-9-23(22)36-26(20-11-10-17(30)16-21(20)31)25(18-6-2-3-7-19(18)28(36)38)27(37)32-14-15-35-24(29(39)40)12-13-33-35/h2-3,6-7,10-13,16,22-23,25-26,34H,4-5,8-9,14-15H2,1H3,(H,32,37)(H,39,40)/t22?,23-,25+,26-/m0/s1. The summed E-state index contributed by atoms with van der Waals surface area (Å²) in [6.45, 7) is 0.170. The van der Waals surface area contributed by atoms with Gasteiger partial charge in [0.05, 0.1) is 24.8 Å². The summed E-state index contributed by atoms with van der Waals surface area (Å²) < 4.78 is 28.7. The number of hydrogen-bond acceptors (Lipinski definition) is 6. The summed E-state index contributed by atoms with van der Waals surface area (Å²) in [6, 6.07) is 11.1. The molecule has 2 amide bonds. The van der Waals surface area contributed by atoms with Crippen molar-refractivity contribution >= 4 is 51.0 Å². The van der Waals surface area contributed by atoms with Crippen LogP contribution >= 0.6 is 23.2 Å². The number of aromatic carboxylic acids is 1. The van der Waals surface area contributed by atoms with Crippen LogP contribution in [0.25, 0.3) is 0 Å². The molecule has 14 heteroatoms. The van der Waals surface area contributed by atoms with Gasteiger partial charge in [-0.05, 0) is 48.2 Å². The van der Waals surface area contributed by atoms with Crippen LogP contribution in [0.2, 0.25) is 10.0 Å². The van der Waals surface area contributed by atoms with Gasteiger partial charge in [-0.3, -0.25) is 14.3 Å². The Morgan fingerprint density at radius 3 is 2.53 bits per heavy atom. The maximum absolute atomic E-state index is 14.3. The van der Waals surface area contributed by atoms with Gasteiger partial charge >= 0.3 is 5.97 Å². The van der Waals surface area contributed by atoms with Crippen LogP contribution in [0, 0.1) is 0 Å². The van der Waals surface area contributed by atoms with Gasteiger partial charge in [0.2, 0.25) is 15.9 Å². The number of aromatic nitrogens is 2. The van der Waals surface area contributed by atoms with E-state index in [1.165, 1.54) is 16.9 Å². The van der Waals surface area contributed by atoms with Crippen LogP contribution in [0.3, 0.4) is 0 Å². The summed E-state index contributed by atoms with van der Waals surface area (Å²) in [5.41, 5.74) is 1.33. The molecule has 1 unspecified atom stereocenters. The number of sulfonamides is 1. The van der Waals surface area contributed by atoms with Gasteiger partial charge in [-0.25, -0.2) is 17.9 Å². The molecule has 0 bridgehead atoms. The van der Waals surface area contributed by atoms with Gasteiger partial charge in [-0.2, -0.15) is 5.10 Å². The van der Waals surface area contributed by atoms with Gasteiger partial charge in [-0.1, -0.05) is 60.3 Å². The van der Waals surface area contributed by atoms with Crippen molar-refractivity contribution in [1.29, 1.82) is 0 Å². The van der Waals surface area contributed by atoms with Crippen molar-refractivity contribution in [3.8, 4) is 0 Å². The van der Waals surface area contributed by atoms with E-state index < -0.39 is 45.9 Å².